The first-order chi connectivity index (χ1) is 15.3. The molecule has 9 heteroatoms. The summed E-state index contributed by atoms with van der Waals surface area (Å²) in [5.41, 5.74) is 1.24. The van der Waals surface area contributed by atoms with Gasteiger partial charge < -0.3 is 10.1 Å². The molecule has 0 fully saturated rings. The molecular weight excluding hydrogens is 446 g/mol. The number of amides is 1. The zero-order chi connectivity index (χ0) is 23.0. The molecule has 3 aromatic rings. The number of anilines is 1. The molecule has 0 saturated heterocycles. The second-order valence-electron chi connectivity index (χ2n) is 8.16. The Hall–Kier alpha value is -2.52. The Kier molecular flexibility index (Phi) is 6.48. The molecule has 1 aliphatic rings. The SMILES string of the molecule is CCOC(=O)c1c(NC(=O)Cn2c(C)nc3sc(CC)cc3c2=O)sc2c1CCC(C)C2. The van der Waals surface area contributed by atoms with Gasteiger partial charge in [0.25, 0.3) is 5.56 Å². The predicted molar refractivity (Wildman–Crippen MR) is 128 cm³/mol. The molecule has 1 unspecified atom stereocenters. The van der Waals surface area contributed by atoms with Crippen molar-refractivity contribution in [2.45, 2.75) is 59.9 Å². The van der Waals surface area contributed by atoms with Crippen LogP contribution in [0.2, 0.25) is 0 Å². The fourth-order valence-corrected chi connectivity index (χ4v) is 6.51. The highest BCUT2D eigenvalue weighted by Crippen LogP contribution is 2.40. The van der Waals surface area contributed by atoms with Crippen LogP contribution in [0.25, 0.3) is 10.2 Å². The number of carbonyl (C=O) groups is 2. The Balaban J connectivity index is 1.64. The molecule has 0 bridgehead atoms. The number of aromatic nitrogens is 2. The summed E-state index contributed by atoms with van der Waals surface area (Å²) in [7, 11) is 0. The minimum Gasteiger partial charge on any atom is -0.462 e. The summed E-state index contributed by atoms with van der Waals surface area (Å²) in [6, 6.07) is 1.86. The standard InChI is InChI=1S/C23H27N3O4S2/c1-5-14-10-16-20(31-14)24-13(4)26(22(16)28)11-18(27)25-21-19(23(29)30-6-2)15-8-7-12(3)9-17(15)32-21/h10,12H,5-9,11H2,1-4H3,(H,25,27). The van der Waals surface area contributed by atoms with Crippen molar-refractivity contribution in [1.29, 1.82) is 0 Å². The van der Waals surface area contributed by atoms with E-state index in [0.717, 1.165) is 41.0 Å². The van der Waals surface area contributed by atoms with E-state index < -0.39 is 5.97 Å². The fraction of sp³-hybridized carbons (Fsp3) is 0.478. The highest BCUT2D eigenvalue weighted by atomic mass is 32.1. The van der Waals surface area contributed by atoms with Gasteiger partial charge in [0, 0.05) is 9.75 Å². The first kappa shape index (κ1) is 22.7. The van der Waals surface area contributed by atoms with Gasteiger partial charge in [-0.15, -0.1) is 22.7 Å². The molecule has 0 aliphatic heterocycles. The van der Waals surface area contributed by atoms with Crippen molar-refractivity contribution in [2.75, 3.05) is 11.9 Å². The Morgan fingerprint density at radius 2 is 2.09 bits per heavy atom. The van der Waals surface area contributed by atoms with Crippen LogP contribution in [-0.4, -0.2) is 28.0 Å². The molecule has 4 rings (SSSR count). The van der Waals surface area contributed by atoms with Crippen molar-refractivity contribution >= 4 is 49.8 Å². The third-order valence-corrected chi connectivity index (χ3v) is 8.13. The number of rotatable bonds is 6. The third-order valence-electron chi connectivity index (χ3n) is 5.79. The van der Waals surface area contributed by atoms with Gasteiger partial charge in [-0.05, 0) is 57.1 Å². The highest BCUT2D eigenvalue weighted by Gasteiger charge is 2.29. The monoisotopic (exact) mass is 473 g/mol. The molecule has 7 nitrogen and oxygen atoms in total. The van der Waals surface area contributed by atoms with E-state index in [1.165, 1.54) is 27.2 Å². The number of ether oxygens (including phenoxy) is 1. The van der Waals surface area contributed by atoms with Crippen LogP contribution in [0.5, 0.6) is 0 Å². The molecule has 0 spiro atoms. The summed E-state index contributed by atoms with van der Waals surface area (Å²) in [6.45, 7) is 7.84. The average Bonchev–Trinajstić information content (AvgIpc) is 3.31. The second-order valence-corrected chi connectivity index (χ2v) is 10.4. The Bertz CT molecular complexity index is 1250. The topological polar surface area (TPSA) is 90.3 Å². The van der Waals surface area contributed by atoms with Crippen molar-refractivity contribution in [3.8, 4) is 0 Å². The van der Waals surface area contributed by atoms with Gasteiger partial charge in [-0.3, -0.25) is 14.2 Å². The number of nitrogens with one attached hydrogen (secondary N) is 1. The van der Waals surface area contributed by atoms with E-state index in [1.54, 1.807) is 13.8 Å². The molecule has 3 aromatic heterocycles. The zero-order valence-electron chi connectivity index (χ0n) is 18.7. The fourth-order valence-electron chi connectivity index (χ4n) is 4.10. The summed E-state index contributed by atoms with van der Waals surface area (Å²) in [4.78, 5) is 46.1. The number of carbonyl (C=O) groups excluding carboxylic acids is 2. The van der Waals surface area contributed by atoms with Crippen LogP contribution >= 0.6 is 22.7 Å². The van der Waals surface area contributed by atoms with Crippen molar-refractivity contribution < 1.29 is 14.3 Å². The van der Waals surface area contributed by atoms with Crippen molar-refractivity contribution in [1.82, 2.24) is 9.55 Å². The second kappa shape index (κ2) is 9.15. The average molecular weight is 474 g/mol. The number of aryl methyl sites for hydroxylation is 2. The van der Waals surface area contributed by atoms with Crippen LogP contribution < -0.4 is 10.9 Å². The Labute approximate surface area is 194 Å². The molecule has 32 heavy (non-hydrogen) atoms. The van der Waals surface area contributed by atoms with Gasteiger partial charge in [0.1, 0.15) is 22.2 Å². The number of fused-ring (bicyclic) bond motifs is 2. The van der Waals surface area contributed by atoms with Gasteiger partial charge in [-0.1, -0.05) is 13.8 Å². The van der Waals surface area contributed by atoms with E-state index in [2.05, 4.69) is 17.2 Å². The molecule has 0 saturated carbocycles. The van der Waals surface area contributed by atoms with Gasteiger partial charge in [0.2, 0.25) is 5.91 Å². The summed E-state index contributed by atoms with van der Waals surface area (Å²) >= 11 is 2.95. The summed E-state index contributed by atoms with van der Waals surface area (Å²) < 4.78 is 6.66. The summed E-state index contributed by atoms with van der Waals surface area (Å²) in [5.74, 6) is 0.264. The molecule has 1 atom stereocenters. The molecule has 0 radical (unpaired) electrons. The van der Waals surface area contributed by atoms with E-state index >= 15 is 0 Å². The van der Waals surface area contributed by atoms with Crippen molar-refractivity contribution in [3.63, 3.8) is 0 Å². The first-order valence-electron chi connectivity index (χ1n) is 10.9. The lowest BCUT2D eigenvalue weighted by Gasteiger charge is -2.18. The molecule has 3 heterocycles. The summed E-state index contributed by atoms with van der Waals surface area (Å²) in [5, 5.41) is 3.93. The molecule has 0 aromatic carbocycles. The lowest BCUT2D eigenvalue weighted by atomic mass is 9.88. The predicted octanol–water partition coefficient (Wildman–Crippen LogP) is 4.33. The number of hydrogen-bond donors (Lipinski definition) is 1. The molecule has 1 N–H and O–H groups in total. The third kappa shape index (κ3) is 4.23. The van der Waals surface area contributed by atoms with E-state index in [9.17, 15) is 14.4 Å². The van der Waals surface area contributed by atoms with Crippen LogP contribution in [0.4, 0.5) is 5.00 Å². The van der Waals surface area contributed by atoms with Gasteiger partial charge in [0.15, 0.2) is 0 Å². The van der Waals surface area contributed by atoms with Crippen LogP contribution in [0.1, 0.15) is 58.7 Å². The normalized spacial score (nSPS) is 15.6. The maximum Gasteiger partial charge on any atom is 0.341 e. The number of thiophene rings is 2. The van der Waals surface area contributed by atoms with Gasteiger partial charge in [-0.25, -0.2) is 9.78 Å². The lowest BCUT2D eigenvalue weighted by Crippen LogP contribution is -2.30. The van der Waals surface area contributed by atoms with Gasteiger partial charge >= 0.3 is 5.97 Å². The number of hydrogen-bond acceptors (Lipinski definition) is 7. The summed E-state index contributed by atoms with van der Waals surface area (Å²) in [6.07, 6.45) is 3.52. The van der Waals surface area contributed by atoms with Crippen molar-refractivity contribution in [3.05, 3.63) is 43.1 Å². The number of esters is 1. The Morgan fingerprint density at radius 3 is 2.81 bits per heavy atom. The van der Waals surface area contributed by atoms with Crippen LogP contribution in [0.15, 0.2) is 10.9 Å². The van der Waals surface area contributed by atoms with Crippen LogP contribution in [-0.2, 0) is 35.3 Å². The molecule has 1 aliphatic carbocycles. The zero-order valence-corrected chi connectivity index (χ0v) is 20.4. The maximum absolute atomic E-state index is 13.0. The van der Waals surface area contributed by atoms with E-state index in [0.29, 0.717) is 32.5 Å². The highest BCUT2D eigenvalue weighted by molar-refractivity contribution is 7.18. The minimum absolute atomic E-state index is 0.161. The lowest BCUT2D eigenvalue weighted by molar-refractivity contribution is -0.116. The van der Waals surface area contributed by atoms with Gasteiger partial charge in [-0.2, -0.15) is 0 Å². The van der Waals surface area contributed by atoms with Crippen LogP contribution in [0.3, 0.4) is 0 Å². The Morgan fingerprint density at radius 1 is 1.31 bits per heavy atom. The quantitative estimate of drug-likeness (QED) is 0.538. The molecule has 1 amide bonds. The van der Waals surface area contributed by atoms with E-state index in [1.807, 2.05) is 13.0 Å². The van der Waals surface area contributed by atoms with Gasteiger partial charge in [0.05, 0.1) is 17.6 Å². The smallest absolute Gasteiger partial charge is 0.341 e. The first-order valence-corrected chi connectivity index (χ1v) is 12.6. The minimum atomic E-state index is -0.406. The maximum atomic E-state index is 13.0. The van der Waals surface area contributed by atoms with E-state index in [-0.39, 0.29) is 24.6 Å². The largest absolute Gasteiger partial charge is 0.462 e. The van der Waals surface area contributed by atoms with E-state index in [4.69, 9.17) is 4.74 Å². The molecule has 170 valence electrons. The molecular formula is C23H27N3O4S2. The van der Waals surface area contributed by atoms with Crippen LogP contribution in [0, 0.1) is 12.8 Å². The number of nitrogens with zero attached hydrogens (tertiary/aromatic N) is 2. The van der Waals surface area contributed by atoms with Crippen molar-refractivity contribution in [2.24, 2.45) is 5.92 Å².